The average Bonchev–Trinajstić information content (AvgIpc) is 2.03. The lowest BCUT2D eigenvalue weighted by molar-refractivity contribution is -0.139. The first-order chi connectivity index (χ1) is 5.18. The zero-order chi connectivity index (χ0) is 9.28. The lowest BCUT2D eigenvalue weighted by atomic mass is 10.4. The summed E-state index contributed by atoms with van der Waals surface area (Å²) in [6.07, 6.45) is 8.00. The normalized spacial score (nSPS) is 7.27. The molecule has 0 radical (unpaired) electrons. The van der Waals surface area contributed by atoms with Crippen molar-refractivity contribution in [3.8, 4) is 12.8 Å². The molecular weight excluding hydrogens is 144 g/mol. The van der Waals surface area contributed by atoms with E-state index in [0.29, 0.717) is 5.57 Å². The van der Waals surface area contributed by atoms with Crippen LogP contribution in [0.15, 0.2) is 12.2 Å². The number of hydrogen-bond acceptors (Lipinski definition) is 3. The summed E-state index contributed by atoms with van der Waals surface area (Å²) >= 11 is 0. The second-order valence-corrected chi connectivity index (χ2v) is 1.64. The van der Waals surface area contributed by atoms with E-state index in [1.807, 2.05) is 0 Å². The molecule has 0 atom stereocenters. The molecular formula is C8H12O3. The molecule has 1 N–H and O–H groups in total. The smallest absolute Gasteiger partial charge is 0.333 e. The zero-order valence-corrected chi connectivity index (χ0v) is 6.54. The first kappa shape index (κ1) is 12.4. The quantitative estimate of drug-likeness (QED) is 0.364. The summed E-state index contributed by atoms with van der Waals surface area (Å²) in [4.78, 5) is 10.5. The van der Waals surface area contributed by atoms with Gasteiger partial charge in [0.15, 0.2) is 0 Å². The van der Waals surface area contributed by atoms with Crippen LogP contribution < -0.4 is 0 Å². The number of aliphatic hydroxyl groups is 1. The minimum Gasteiger partial charge on any atom is -0.460 e. The van der Waals surface area contributed by atoms with Crippen molar-refractivity contribution in [2.24, 2.45) is 0 Å². The van der Waals surface area contributed by atoms with Crippen molar-refractivity contribution in [2.75, 3.05) is 13.2 Å². The van der Waals surface area contributed by atoms with Crippen molar-refractivity contribution in [2.45, 2.75) is 6.92 Å². The molecule has 0 aliphatic carbocycles. The molecule has 0 spiro atoms. The van der Waals surface area contributed by atoms with Crippen LogP contribution in [0, 0.1) is 12.8 Å². The Balaban J connectivity index is 0. The largest absolute Gasteiger partial charge is 0.460 e. The standard InChI is InChI=1S/C6H10O3.C2H2/c1-5(2)6(8)9-4-3-7;1-2/h7H,1,3-4H2,2H3;1-2H. The van der Waals surface area contributed by atoms with E-state index < -0.39 is 5.97 Å². The average molecular weight is 156 g/mol. The summed E-state index contributed by atoms with van der Waals surface area (Å²) in [6, 6.07) is 0. The summed E-state index contributed by atoms with van der Waals surface area (Å²) in [5.74, 6) is -0.455. The highest BCUT2D eigenvalue weighted by atomic mass is 16.5. The molecule has 11 heavy (non-hydrogen) atoms. The van der Waals surface area contributed by atoms with Crippen LogP contribution in [0.3, 0.4) is 0 Å². The molecule has 0 aromatic carbocycles. The van der Waals surface area contributed by atoms with Gasteiger partial charge in [-0.1, -0.05) is 6.58 Å². The van der Waals surface area contributed by atoms with Gasteiger partial charge in [-0.05, 0) is 6.92 Å². The Labute approximate surface area is 66.7 Å². The van der Waals surface area contributed by atoms with Crippen molar-refractivity contribution in [3.05, 3.63) is 12.2 Å². The number of terminal acetylenes is 1. The Morgan fingerprint density at radius 3 is 2.36 bits per heavy atom. The van der Waals surface area contributed by atoms with Crippen LogP contribution in [0.1, 0.15) is 6.92 Å². The fourth-order valence-electron chi connectivity index (χ4n) is 0.262. The van der Waals surface area contributed by atoms with Gasteiger partial charge in [0, 0.05) is 5.57 Å². The van der Waals surface area contributed by atoms with E-state index in [-0.39, 0.29) is 13.2 Å². The Bertz CT molecular complexity index is 147. The molecule has 3 nitrogen and oxygen atoms in total. The van der Waals surface area contributed by atoms with E-state index in [2.05, 4.69) is 24.2 Å². The zero-order valence-electron chi connectivity index (χ0n) is 6.54. The highest BCUT2D eigenvalue weighted by Crippen LogP contribution is 1.89. The minimum atomic E-state index is -0.455. The summed E-state index contributed by atoms with van der Waals surface area (Å²) < 4.78 is 4.46. The van der Waals surface area contributed by atoms with Crippen molar-refractivity contribution in [3.63, 3.8) is 0 Å². The van der Waals surface area contributed by atoms with Crippen LogP contribution in [0.2, 0.25) is 0 Å². The van der Waals surface area contributed by atoms with Gasteiger partial charge in [-0.2, -0.15) is 0 Å². The van der Waals surface area contributed by atoms with E-state index in [4.69, 9.17) is 5.11 Å². The Morgan fingerprint density at radius 2 is 2.09 bits per heavy atom. The number of carbonyl (C=O) groups is 1. The molecule has 0 aliphatic heterocycles. The van der Waals surface area contributed by atoms with Crippen molar-refractivity contribution < 1.29 is 14.6 Å². The van der Waals surface area contributed by atoms with Gasteiger partial charge in [0.25, 0.3) is 0 Å². The van der Waals surface area contributed by atoms with E-state index in [9.17, 15) is 4.79 Å². The van der Waals surface area contributed by atoms with Crippen LogP contribution in [0.25, 0.3) is 0 Å². The Morgan fingerprint density at radius 1 is 1.64 bits per heavy atom. The van der Waals surface area contributed by atoms with Gasteiger partial charge < -0.3 is 9.84 Å². The van der Waals surface area contributed by atoms with E-state index in [1.165, 1.54) is 0 Å². The van der Waals surface area contributed by atoms with Gasteiger partial charge in [-0.3, -0.25) is 0 Å². The van der Waals surface area contributed by atoms with Crippen LogP contribution in [-0.4, -0.2) is 24.3 Å². The maximum atomic E-state index is 10.5. The minimum absolute atomic E-state index is 0.0473. The molecule has 0 aromatic rings. The highest BCUT2D eigenvalue weighted by molar-refractivity contribution is 5.86. The number of hydrogen-bond donors (Lipinski definition) is 1. The lowest BCUT2D eigenvalue weighted by Gasteiger charge is -1.99. The monoisotopic (exact) mass is 156 g/mol. The molecule has 0 fully saturated rings. The first-order valence-electron chi connectivity index (χ1n) is 2.95. The summed E-state index contributed by atoms with van der Waals surface area (Å²) in [7, 11) is 0. The van der Waals surface area contributed by atoms with Crippen molar-refractivity contribution in [1.82, 2.24) is 0 Å². The molecule has 0 amide bonds. The van der Waals surface area contributed by atoms with Gasteiger partial charge in [-0.15, -0.1) is 12.8 Å². The van der Waals surface area contributed by atoms with Gasteiger partial charge in [0.05, 0.1) is 6.61 Å². The molecule has 0 saturated heterocycles. The third-order valence-electron chi connectivity index (χ3n) is 0.673. The predicted molar refractivity (Wildman–Crippen MR) is 42.7 cm³/mol. The molecule has 0 aromatic heterocycles. The molecule has 3 heteroatoms. The fourth-order valence-corrected chi connectivity index (χ4v) is 0.262. The molecule has 62 valence electrons. The fraction of sp³-hybridized carbons (Fsp3) is 0.375. The highest BCUT2D eigenvalue weighted by Gasteiger charge is 1.99. The number of esters is 1. The molecule has 0 bridgehead atoms. The third-order valence-corrected chi connectivity index (χ3v) is 0.673. The predicted octanol–water partition coefficient (Wildman–Crippen LogP) is 0.347. The van der Waals surface area contributed by atoms with Crippen LogP contribution in [0.4, 0.5) is 0 Å². The molecule has 0 heterocycles. The third kappa shape index (κ3) is 8.73. The van der Waals surface area contributed by atoms with Crippen LogP contribution in [-0.2, 0) is 9.53 Å². The maximum absolute atomic E-state index is 10.5. The SMILES string of the molecule is C#C.C=C(C)C(=O)OCCO. The molecule has 0 rings (SSSR count). The molecule has 0 aliphatic rings. The van der Waals surface area contributed by atoms with Crippen LogP contribution >= 0.6 is 0 Å². The van der Waals surface area contributed by atoms with E-state index in [1.54, 1.807) is 6.92 Å². The first-order valence-corrected chi connectivity index (χ1v) is 2.95. The van der Waals surface area contributed by atoms with Crippen LogP contribution in [0.5, 0.6) is 0 Å². The second kappa shape index (κ2) is 8.73. The van der Waals surface area contributed by atoms with Crippen molar-refractivity contribution in [1.29, 1.82) is 0 Å². The molecule has 0 unspecified atom stereocenters. The van der Waals surface area contributed by atoms with E-state index >= 15 is 0 Å². The number of ether oxygens (including phenoxy) is 1. The van der Waals surface area contributed by atoms with Gasteiger partial charge in [0.1, 0.15) is 6.61 Å². The Kier molecular flexibility index (Phi) is 9.85. The second-order valence-electron chi connectivity index (χ2n) is 1.64. The lowest BCUT2D eigenvalue weighted by Crippen LogP contribution is -2.08. The maximum Gasteiger partial charge on any atom is 0.333 e. The van der Waals surface area contributed by atoms with E-state index in [0.717, 1.165) is 0 Å². The van der Waals surface area contributed by atoms with Crippen molar-refractivity contribution >= 4 is 5.97 Å². The summed E-state index contributed by atoms with van der Waals surface area (Å²) in [6.45, 7) is 4.81. The summed E-state index contributed by atoms with van der Waals surface area (Å²) in [5, 5.41) is 8.19. The number of rotatable bonds is 3. The number of carbonyl (C=O) groups excluding carboxylic acids is 1. The topological polar surface area (TPSA) is 46.5 Å². The molecule has 0 saturated carbocycles. The van der Waals surface area contributed by atoms with Gasteiger partial charge in [0.2, 0.25) is 0 Å². The van der Waals surface area contributed by atoms with Gasteiger partial charge in [-0.25, -0.2) is 4.79 Å². The Hall–Kier alpha value is -1.27. The number of aliphatic hydroxyl groups excluding tert-OH is 1. The van der Waals surface area contributed by atoms with Gasteiger partial charge >= 0.3 is 5.97 Å². The summed E-state index contributed by atoms with van der Waals surface area (Å²) in [5.41, 5.74) is 0.350.